The van der Waals surface area contributed by atoms with Crippen LogP contribution >= 0.6 is 11.9 Å². The van der Waals surface area contributed by atoms with Crippen molar-refractivity contribution in [3.05, 3.63) is 53.6 Å². The summed E-state index contributed by atoms with van der Waals surface area (Å²) in [4.78, 5) is 28.9. The predicted molar refractivity (Wildman–Crippen MR) is 161 cm³/mol. The van der Waals surface area contributed by atoms with Crippen LogP contribution in [0.15, 0.2) is 47.4 Å². The Kier molecular flexibility index (Phi) is 9.41. The van der Waals surface area contributed by atoms with Gasteiger partial charge in [-0.1, -0.05) is 18.2 Å². The number of nitrogens with one attached hydrogen (secondary N) is 1. The summed E-state index contributed by atoms with van der Waals surface area (Å²) < 4.78 is 4.28. The molecule has 5 rings (SSSR count). The van der Waals surface area contributed by atoms with E-state index in [4.69, 9.17) is 5.73 Å². The van der Waals surface area contributed by atoms with Gasteiger partial charge in [0.25, 0.3) is 0 Å². The molecule has 0 atom stereocenters. The topological polar surface area (TPSA) is 99.7 Å². The summed E-state index contributed by atoms with van der Waals surface area (Å²) in [6, 6.07) is 15.8. The molecule has 2 amide bonds. The first-order valence-corrected chi connectivity index (χ1v) is 15.1. The number of carbonyl (C=O) groups excluding carboxylic acids is 2. The van der Waals surface area contributed by atoms with Gasteiger partial charge in [0.05, 0.1) is 5.52 Å². The highest BCUT2D eigenvalue weighted by Crippen LogP contribution is 2.34. The molecule has 0 saturated carbocycles. The van der Waals surface area contributed by atoms with E-state index >= 15 is 0 Å². The molecule has 0 bridgehead atoms. The molecule has 214 valence electrons. The van der Waals surface area contributed by atoms with Crippen molar-refractivity contribution in [3.8, 4) is 0 Å². The molecule has 0 spiro atoms. The number of fused-ring (bicyclic) bond motifs is 1. The van der Waals surface area contributed by atoms with Gasteiger partial charge in [-0.3, -0.25) is 24.1 Å². The lowest BCUT2D eigenvalue weighted by atomic mass is 9.89. The summed E-state index contributed by atoms with van der Waals surface area (Å²) in [7, 11) is 3.51. The minimum absolute atomic E-state index is 0.102. The zero-order valence-electron chi connectivity index (χ0n) is 23.6. The van der Waals surface area contributed by atoms with Crippen LogP contribution < -0.4 is 16.0 Å². The van der Waals surface area contributed by atoms with Crippen molar-refractivity contribution < 1.29 is 9.59 Å². The second kappa shape index (κ2) is 13.2. The zero-order valence-corrected chi connectivity index (χ0v) is 24.4. The van der Waals surface area contributed by atoms with E-state index in [-0.39, 0.29) is 12.3 Å². The molecule has 0 radical (unpaired) electrons. The maximum absolute atomic E-state index is 11.8. The monoisotopic (exact) mass is 563 g/mol. The predicted octanol–water partition coefficient (Wildman–Crippen LogP) is 3.48. The van der Waals surface area contributed by atoms with E-state index in [1.165, 1.54) is 20.9 Å². The third-order valence-corrected chi connectivity index (χ3v) is 9.30. The Morgan fingerprint density at radius 2 is 1.90 bits per heavy atom. The van der Waals surface area contributed by atoms with Crippen LogP contribution in [0, 0.1) is 0 Å². The van der Waals surface area contributed by atoms with Gasteiger partial charge >= 0.3 is 0 Å². The van der Waals surface area contributed by atoms with Crippen molar-refractivity contribution in [2.24, 2.45) is 12.8 Å². The molecule has 2 aliphatic heterocycles. The van der Waals surface area contributed by atoms with Crippen molar-refractivity contribution in [1.29, 1.82) is 0 Å². The lowest BCUT2D eigenvalue weighted by molar-refractivity contribution is -0.120. The van der Waals surface area contributed by atoms with E-state index in [9.17, 15) is 9.59 Å². The highest BCUT2D eigenvalue weighted by molar-refractivity contribution is 7.97. The summed E-state index contributed by atoms with van der Waals surface area (Å²) >= 11 is 1.86. The number of hydrogen-bond donors (Lipinski definition) is 2. The van der Waals surface area contributed by atoms with Crippen LogP contribution in [0.4, 0.5) is 5.82 Å². The van der Waals surface area contributed by atoms with Gasteiger partial charge in [-0.05, 0) is 92.0 Å². The Labute approximate surface area is 241 Å². The Hall–Kier alpha value is -2.92. The van der Waals surface area contributed by atoms with Crippen LogP contribution in [-0.2, 0) is 23.2 Å². The first-order chi connectivity index (χ1) is 19.4. The highest BCUT2D eigenvalue weighted by Gasteiger charge is 2.23. The van der Waals surface area contributed by atoms with Crippen molar-refractivity contribution >= 4 is 41.0 Å². The number of aryl methyl sites for hydroxylation is 1. The lowest BCUT2D eigenvalue weighted by Gasteiger charge is -2.32. The van der Waals surface area contributed by atoms with Gasteiger partial charge in [0.15, 0.2) is 5.82 Å². The first kappa shape index (κ1) is 28.6. The number of piperidine rings is 2. The Bertz CT molecular complexity index is 1310. The van der Waals surface area contributed by atoms with E-state index < -0.39 is 0 Å². The lowest BCUT2D eigenvalue weighted by Crippen LogP contribution is -2.36. The Morgan fingerprint density at radius 1 is 1.12 bits per heavy atom. The molecule has 1 aromatic heterocycles. The fourth-order valence-electron chi connectivity index (χ4n) is 5.78. The molecule has 2 saturated heterocycles. The quantitative estimate of drug-likeness (QED) is 0.288. The number of benzene rings is 2. The third kappa shape index (κ3) is 6.86. The van der Waals surface area contributed by atoms with E-state index in [1.807, 2.05) is 23.7 Å². The van der Waals surface area contributed by atoms with Crippen LogP contribution in [0.3, 0.4) is 0 Å². The minimum Gasteiger partial charge on any atom is -0.359 e. The molecule has 10 heteroatoms. The van der Waals surface area contributed by atoms with Crippen molar-refractivity contribution in [3.63, 3.8) is 0 Å². The molecule has 40 heavy (non-hydrogen) atoms. The van der Waals surface area contributed by atoms with Gasteiger partial charge in [-0.15, -0.1) is 0 Å². The second-order valence-corrected chi connectivity index (χ2v) is 12.2. The number of likely N-dealkylation sites (tertiary alicyclic amines) is 1. The number of nitrogens with two attached hydrogens (primary N) is 1. The maximum Gasteiger partial charge on any atom is 0.221 e. The SMILES string of the molecule is CNC(=O)CCN(C=O)c1nn(C)c2cc(C3CCN(Cc4cccc(SN5CCC(N)CC5)c4)CC3)ccc12. The number of amides is 2. The smallest absolute Gasteiger partial charge is 0.221 e. The zero-order chi connectivity index (χ0) is 28.1. The molecule has 2 aromatic carbocycles. The Morgan fingerprint density at radius 3 is 2.62 bits per heavy atom. The average Bonchev–Trinajstić information content (AvgIpc) is 3.30. The number of carbonyl (C=O) groups is 2. The van der Waals surface area contributed by atoms with Crippen molar-refractivity contribution in [2.75, 3.05) is 44.7 Å². The molecule has 3 N–H and O–H groups in total. The fraction of sp³-hybridized carbons (Fsp3) is 0.500. The van der Waals surface area contributed by atoms with Gasteiger partial charge in [0, 0.05) is 63.0 Å². The fourth-order valence-corrected chi connectivity index (χ4v) is 6.81. The molecular formula is C30H41N7O2S. The van der Waals surface area contributed by atoms with E-state index in [0.29, 0.717) is 24.3 Å². The van der Waals surface area contributed by atoms with Gasteiger partial charge in [-0.2, -0.15) is 5.10 Å². The Balaban J connectivity index is 1.18. The molecule has 3 heterocycles. The number of aromatic nitrogens is 2. The molecular weight excluding hydrogens is 522 g/mol. The average molecular weight is 564 g/mol. The molecule has 3 aromatic rings. The maximum atomic E-state index is 11.8. The van der Waals surface area contributed by atoms with E-state index in [0.717, 1.165) is 75.7 Å². The molecule has 0 aliphatic carbocycles. The number of nitrogens with zero attached hydrogens (tertiary/aromatic N) is 5. The molecule has 9 nitrogen and oxygen atoms in total. The molecule has 2 aliphatic rings. The summed E-state index contributed by atoms with van der Waals surface area (Å²) in [6.45, 7) is 5.53. The van der Waals surface area contributed by atoms with Gasteiger partial charge in [0.2, 0.25) is 12.3 Å². The first-order valence-electron chi connectivity index (χ1n) is 14.3. The summed E-state index contributed by atoms with van der Waals surface area (Å²) in [5, 5.41) is 8.15. The number of hydrogen-bond acceptors (Lipinski definition) is 7. The van der Waals surface area contributed by atoms with E-state index in [2.05, 4.69) is 62.1 Å². The standard InChI is InChI=1S/C30H41N7O2S/c1-32-29(39)12-15-36(21-38)30-27-7-6-24(19-28(27)34(2)33-30)23-8-13-35(14-9-23)20-22-4-3-5-26(18-22)40-37-16-10-25(31)11-17-37/h3-7,18-19,21,23,25H,8-17,20,31H2,1-2H3,(H,32,39). The molecule has 0 unspecified atom stereocenters. The highest BCUT2D eigenvalue weighted by atomic mass is 32.2. The third-order valence-electron chi connectivity index (χ3n) is 8.21. The van der Waals surface area contributed by atoms with Crippen LogP contribution in [0.2, 0.25) is 0 Å². The number of rotatable bonds is 10. The van der Waals surface area contributed by atoms with Crippen LogP contribution in [-0.4, -0.2) is 77.1 Å². The van der Waals surface area contributed by atoms with E-state index in [1.54, 1.807) is 7.05 Å². The summed E-state index contributed by atoms with van der Waals surface area (Å²) in [5.41, 5.74) is 9.77. The second-order valence-electron chi connectivity index (χ2n) is 11.0. The minimum atomic E-state index is -0.102. The molecule has 2 fully saturated rings. The largest absolute Gasteiger partial charge is 0.359 e. The van der Waals surface area contributed by atoms with Crippen LogP contribution in [0.25, 0.3) is 10.9 Å². The summed E-state index contributed by atoms with van der Waals surface area (Å²) in [6.07, 6.45) is 5.38. The van der Waals surface area contributed by atoms with Gasteiger partial charge in [0.1, 0.15) is 0 Å². The van der Waals surface area contributed by atoms with Crippen molar-refractivity contribution in [1.82, 2.24) is 24.3 Å². The summed E-state index contributed by atoms with van der Waals surface area (Å²) in [5.74, 6) is 0.999. The van der Waals surface area contributed by atoms with Gasteiger partial charge < -0.3 is 11.1 Å². The van der Waals surface area contributed by atoms with Crippen LogP contribution in [0.5, 0.6) is 0 Å². The van der Waals surface area contributed by atoms with Crippen LogP contribution in [0.1, 0.15) is 49.1 Å². The van der Waals surface area contributed by atoms with Crippen molar-refractivity contribution in [2.45, 2.75) is 55.5 Å². The number of anilines is 1. The normalized spacial score (nSPS) is 17.8. The van der Waals surface area contributed by atoms with Gasteiger partial charge in [-0.25, -0.2) is 4.31 Å².